The molecular formula is C17H23N3O3S. The average molecular weight is 349 g/mol. The van der Waals surface area contributed by atoms with Gasteiger partial charge in [0.1, 0.15) is 0 Å². The summed E-state index contributed by atoms with van der Waals surface area (Å²) in [5.41, 5.74) is 2.00. The molecule has 0 unspecified atom stereocenters. The van der Waals surface area contributed by atoms with Crippen molar-refractivity contribution in [2.24, 2.45) is 0 Å². The first-order valence-corrected chi connectivity index (χ1v) is 9.52. The Hall–Kier alpha value is -1.91. The van der Waals surface area contributed by atoms with E-state index in [0.717, 1.165) is 11.1 Å². The van der Waals surface area contributed by atoms with Crippen LogP contribution >= 0.6 is 0 Å². The van der Waals surface area contributed by atoms with Crippen LogP contribution in [0.25, 0.3) is 0 Å². The molecule has 1 fully saturated rings. The number of carbonyl (C=O) groups is 1. The molecule has 1 aromatic carbocycles. The molecule has 6 nitrogen and oxygen atoms in total. The average Bonchev–Trinajstić information content (AvgIpc) is 2.57. The lowest BCUT2D eigenvalue weighted by Crippen LogP contribution is -2.50. The van der Waals surface area contributed by atoms with Crippen LogP contribution < -0.4 is 0 Å². The van der Waals surface area contributed by atoms with Gasteiger partial charge in [-0.05, 0) is 43.5 Å². The third-order valence-corrected chi connectivity index (χ3v) is 6.28. The van der Waals surface area contributed by atoms with Gasteiger partial charge in [-0.3, -0.25) is 4.79 Å². The van der Waals surface area contributed by atoms with Crippen LogP contribution in [0, 0.1) is 25.2 Å². The molecular weight excluding hydrogens is 326 g/mol. The largest absolute Gasteiger partial charge is 0.340 e. The van der Waals surface area contributed by atoms with Crippen LogP contribution in [0.5, 0.6) is 0 Å². The lowest BCUT2D eigenvalue weighted by Gasteiger charge is -2.34. The summed E-state index contributed by atoms with van der Waals surface area (Å²) in [4.78, 5) is 14.0. The van der Waals surface area contributed by atoms with Gasteiger partial charge in [0.2, 0.25) is 15.9 Å². The second kappa shape index (κ2) is 7.77. The SMILES string of the molecule is Cc1ccc(S(=O)(=O)N2CCN(C(=O)CCCC#N)CC2)cc1C. The van der Waals surface area contributed by atoms with Gasteiger partial charge in [0.15, 0.2) is 0 Å². The Balaban J connectivity index is 1.99. The molecule has 1 amide bonds. The maximum Gasteiger partial charge on any atom is 0.243 e. The number of hydrogen-bond donors (Lipinski definition) is 0. The zero-order valence-electron chi connectivity index (χ0n) is 14.2. The molecule has 130 valence electrons. The topological polar surface area (TPSA) is 81.5 Å². The first kappa shape index (κ1) is 18.4. The van der Waals surface area contributed by atoms with Crippen LogP contribution in [-0.4, -0.2) is 49.7 Å². The van der Waals surface area contributed by atoms with Crippen LogP contribution in [0.15, 0.2) is 23.1 Å². The van der Waals surface area contributed by atoms with Gasteiger partial charge in [-0.25, -0.2) is 8.42 Å². The Morgan fingerprint density at radius 1 is 1.17 bits per heavy atom. The number of nitrogens with zero attached hydrogens (tertiary/aromatic N) is 3. The van der Waals surface area contributed by atoms with Crippen molar-refractivity contribution in [3.63, 3.8) is 0 Å². The molecule has 0 saturated carbocycles. The Labute approximate surface area is 143 Å². The zero-order chi connectivity index (χ0) is 17.7. The van der Waals surface area contributed by atoms with Crippen molar-refractivity contribution in [3.05, 3.63) is 29.3 Å². The van der Waals surface area contributed by atoms with Gasteiger partial charge >= 0.3 is 0 Å². The fraction of sp³-hybridized carbons (Fsp3) is 0.529. The fourth-order valence-corrected chi connectivity index (χ4v) is 4.19. The molecule has 1 aliphatic rings. The van der Waals surface area contributed by atoms with E-state index in [4.69, 9.17) is 5.26 Å². The summed E-state index contributed by atoms with van der Waals surface area (Å²) in [5, 5.41) is 8.51. The third kappa shape index (κ3) is 4.13. The summed E-state index contributed by atoms with van der Waals surface area (Å²) in [7, 11) is -3.52. The molecule has 0 aliphatic carbocycles. The van der Waals surface area contributed by atoms with Crippen LogP contribution in [0.1, 0.15) is 30.4 Å². The fourth-order valence-electron chi connectivity index (χ4n) is 2.68. The predicted octanol–water partition coefficient (Wildman–Crippen LogP) is 1.83. The van der Waals surface area contributed by atoms with Crippen LogP contribution in [0.2, 0.25) is 0 Å². The van der Waals surface area contributed by atoms with Crippen molar-refractivity contribution in [2.45, 2.75) is 38.0 Å². The van der Waals surface area contributed by atoms with E-state index < -0.39 is 10.0 Å². The smallest absolute Gasteiger partial charge is 0.243 e. The number of hydrogen-bond acceptors (Lipinski definition) is 4. The minimum atomic E-state index is -3.52. The summed E-state index contributed by atoms with van der Waals surface area (Å²) in [6, 6.07) is 7.17. The monoisotopic (exact) mass is 349 g/mol. The van der Waals surface area contributed by atoms with E-state index in [9.17, 15) is 13.2 Å². The van der Waals surface area contributed by atoms with E-state index in [2.05, 4.69) is 0 Å². The van der Waals surface area contributed by atoms with Crippen LogP contribution in [0.4, 0.5) is 0 Å². The van der Waals surface area contributed by atoms with Crippen LogP contribution in [0.3, 0.4) is 0 Å². The first-order chi connectivity index (χ1) is 11.4. The van der Waals surface area contributed by atoms with E-state index in [1.807, 2.05) is 26.0 Å². The number of amides is 1. The molecule has 1 aliphatic heterocycles. The predicted molar refractivity (Wildman–Crippen MR) is 90.7 cm³/mol. The molecule has 1 saturated heterocycles. The van der Waals surface area contributed by atoms with Crippen molar-refractivity contribution in [3.8, 4) is 6.07 Å². The number of aryl methyl sites for hydroxylation is 2. The number of unbranched alkanes of at least 4 members (excludes halogenated alkanes) is 1. The van der Waals surface area contributed by atoms with Crippen molar-refractivity contribution >= 4 is 15.9 Å². The molecule has 0 bridgehead atoms. The van der Waals surface area contributed by atoms with Crippen LogP contribution in [-0.2, 0) is 14.8 Å². The van der Waals surface area contributed by atoms with E-state index in [1.54, 1.807) is 17.0 Å². The van der Waals surface area contributed by atoms with E-state index in [1.165, 1.54) is 4.31 Å². The van der Waals surface area contributed by atoms with Crippen molar-refractivity contribution in [1.82, 2.24) is 9.21 Å². The van der Waals surface area contributed by atoms with Gasteiger partial charge < -0.3 is 4.90 Å². The third-order valence-electron chi connectivity index (χ3n) is 4.39. The maximum atomic E-state index is 12.7. The quantitative estimate of drug-likeness (QED) is 0.760. The molecule has 1 aromatic rings. The molecule has 0 N–H and O–H groups in total. The lowest BCUT2D eigenvalue weighted by atomic mass is 10.1. The molecule has 0 atom stereocenters. The number of benzene rings is 1. The van der Waals surface area contributed by atoms with Crippen molar-refractivity contribution < 1.29 is 13.2 Å². The van der Waals surface area contributed by atoms with E-state index in [-0.39, 0.29) is 5.91 Å². The van der Waals surface area contributed by atoms with Gasteiger partial charge in [-0.1, -0.05) is 6.07 Å². The number of sulfonamides is 1. The van der Waals surface area contributed by atoms with E-state index in [0.29, 0.717) is 50.3 Å². The molecule has 0 aromatic heterocycles. The zero-order valence-corrected chi connectivity index (χ0v) is 15.0. The molecule has 24 heavy (non-hydrogen) atoms. The minimum absolute atomic E-state index is 0.00604. The Bertz CT molecular complexity index is 745. The Morgan fingerprint density at radius 2 is 1.83 bits per heavy atom. The number of nitriles is 1. The van der Waals surface area contributed by atoms with Gasteiger partial charge in [0, 0.05) is 39.0 Å². The molecule has 0 radical (unpaired) electrons. The highest BCUT2D eigenvalue weighted by atomic mass is 32.2. The highest BCUT2D eigenvalue weighted by Gasteiger charge is 2.30. The normalized spacial score (nSPS) is 16.0. The number of rotatable bonds is 5. The summed E-state index contributed by atoms with van der Waals surface area (Å²) in [6.45, 7) is 5.25. The summed E-state index contributed by atoms with van der Waals surface area (Å²) in [6.07, 6.45) is 1.26. The Kier molecular flexibility index (Phi) is 5.97. The lowest BCUT2D eigenvalue weighted by molar-refractivity contribution is -0.132. The van der Waals surface area contributed by atoms with Gasteiger partial charge in [0.25, 0.3) is 0 Å². The number of carbonyl (C=O) groups excluding carboxylic acids is 1. The maximum absolute atomic E-state index is 12.7. The van der Waals surface area contributed by atoms with E-state index >= 15 is 0 Å². The molecule has 7 heteroatoms. The Morgan fingerprint density at radius 3 is 2.42 bits per heavy atom. The second-order valence-electron chi connectivity index (χ2n) is 6.04. The highest BCUT2D eigenvalue weighted by molar-refractivity contribution is 7.89. The summed E-state index contributed by atoms with van der Waals surface area (Å²) < 4.78 is 26.9. The van der Waals surface area contributed by atoms with Crippen molar-refractivity contribution in [2.75, 3.05) is 26.2 Å². The first-order valence-electron chi connectivity index (χ1n) is 8.08. The summed E-state index contributed by atoms with van der Waals surface area (Å²) >= 11 is 0. The highest BCUT2D eigenvalue weighted by Crippen LogP contribution is 2.20. The molecule has 2 rings (SSSR count). The minimum Gasteiger partial charge on any atom is -0.340 e. The molecule has 1 heterocycles. The number of piperazine rings is 1. The van der Waals surface area contributed by atoms with Gasteiger partial charge in [-0.2, -0.15) is 9.57 Å². The summed E-state index contributed by atoms with van der Waals surface area (Å²) in [5.74, 6) is -0.00604. The standard InChI is InChI=1S/C17H23N3O3S/c1-14-6-7-16(13-15(14)2)24(22,23)20-11-9-19(10-12-20)17(21)5-3-4-8-18/h6-7,13H,3-5,9-12H2,1-2H3. The van der Waals surface area contributed by atoms with Gasteiger partial charge in [0.05, 0.1) is 11.0 Å². The molecule has 0 spiro atoms. The van der Waals surface area contributed by atoms with Gasteiger partial charge in [-0.15, -0.1) is 0 Å². The second-order valence-corrected chi connectivity index (χ2v) is 7.98. The van der Waals surface area contributed by atoms with Crippen molar-refractivity contribution in [1.29, 1.82) is 5.26 Å².